The Morgan fingerprint density at radius 2 is 1.55 bits per heavy atom. The van der Waals surface area contributed by atoms with Gasteiger partial charge in [-0.15, -0.1) is 0 Å². The Hall–Kier alpha value is -3.50. The highest BCUT2D eigenvalue weighted by Gasteiger charge is 2.17. The number of amides is 3. The van der Waals surface area contributed by atoms with E-state index in [2.05, 4.69) is 38.1 Å². The van der Waals surface area contributed by atoms with Crippen molar-refractivity contribution in [1.82, 2.24) is 20.7 Å². The Kier molecular flexibility index (Phi) is 7.91. The largest absolute Gasteiger partial charge is 0.337 e. The molecule has 0 radical (unpaired) electrons. The highest BCUT2D eigenvalue weighted by molar-refractivity contribution is 5.90. The van der Waals surface area contributed by atoms with Crippen LogP contribution in [0.3, 0.4) is 0 Å². The Morgan fingerprint density at radius 1 is 0.903 bits per heavy atom. The average Bonchev–Trinajstić information content (AvgIpc) is 2.78. The second-order valence-corrected chi connectivity index (χ2v) is 7.28. The summed E-state index contributed by atoms with van der Waals surface area (Å²) >= 11 is 0. The lowest BCUT2D eigenvalue weighted by Gasteiger charge is -2.34. The zero-order chi connectivity index (χ0) is 22.1. The summed E-state index contributed by atoms with van der Waals surface area (Å²) in [6.07, 6.45) is 0.274. The number of benzene rings is 2. The van der Waals surface area contributed by atoms with Gasteiger partial charge in [-0.3, -0.25) is 25.2 Å². The number of nitrogens with zero attached hydrogens (tertiary/aromatic N) is 3. The summed E-state index contributed by atoms with van der Waals surface area (Å²) in [4.78, 5) is 38.6. The molecule has 0 bridgehead atoms. The van der Waals surface area contributed by atoms with Crippen LogP contribution in [0.4, 0.5) is 16.2 Å². The molecule has 3 rings (SSSR count). The monoisotopic (exact) mass is 426 g/mol. The number of anilines is 1. The van der Waals surface area contributed by atoms with Gasteiger partial charge in [0.1, 0.15) is 0 Å². The first-order chi connectivity index (χ1) is 15.0. The average molecular weight is 426 g/mol. The molecule has 164 valence electrons. The van der Waals surface area contributed by atoms with Crippen molar-refractivity contribution in [3.8, 4) is 0 Å². The van der Waals surface area contributed by atoms with Crippen LogP contribution in [-0.2, 0) is 11.3 Å². The second-order valence-electron chi connectivity index (χ2n) is 7.28. The minimum atomic E-state index is -0.628. The Balaban J connectivity index is 1.29. The van der Waals surface area contributed by atoms with Gasteiger partial charge in [-0.1, -0.05) is 30.3 Å². The van der Waals surface area contributed by atoms with E-state index in [4.69, 9.17) is 0 Å². The molecule has 1 aliphatic heterocycles. The predicted molar refractivity (Wildman–Crippen MR) is 116 cm³/mol. The van der Waals surface area contributed by atoms with Crippen molar-refractivity contribution in [3.63, 3.8) is 0 Å². The van der Waals surface area contributed by atoms with Crippen LogP contribution in [0.2, 0.25) is 0 Å². The minimum absolute atomic E-state index is 0.0693. The van der Waals surface area contributed by atoms with Gasteiger partial charge in [0.25, 0.3) is 5.69 Å². The Morgan fingerprint density at radius 3 is 2.19 bits per heavy atom. The summed E-state index contributed by atoms with van der Waals surface area (Å²) in [7, 11) is 0. The molecule has 1 heterocycles. The molecule has 0 aromatic heterocycles. The maximum atomic E-state index is 12.0. The van der Waals surface area contributed by atoms with Crippen LogP contribution >= 0.6 is 0 Å². The number of nitrogens with one attached hydrogen (secondary N) is 3. The molecule has 3 amide bonds. The molecule has 10 heteroatoms. The van der Waals surface area contributed by atoms with Crippen molar-refractivity contribution in [2.24, 2.45) is 0 Å². The van der Waals surface area contributed by atoms with E-state index in [-0.39, 0.29) is 18.0 Å². The standard InChI is InChI=1S/C21H26N6O4/c28-20(23-24-21(29)22-18-6-8-19(9-7-18)27(30)31)10-11-25-12-14-26(15-13-25)16-17-4-2-1-3-5-17/h1-9H,10-16H2,(H,23,28)(H2,22,24,29). The van der Waals surface area contributed by atoms with Crippen LogP contribution in [0.25, 0.3) is 0 Å². The quantitative estimate of drug-likeness (QED) is 0.460. The fourth-order valence-corrected chi connectivity index (χ4v) is 3.29. The van der Waals surface area contributed by atoms with E-state index >= 15 is 0 Å². The second kappa shape index (κ2) is 11.0. The number of carbonyl (C=O) groups is 2. The lowest BCUT2D eigenvalue weighted by atomic mass is 10.2. The molecule has 0 spiro atoms. The van der Waals surface area contributed by atoms with Crippen LogP contribution in [0.15, 0.2) is 54.6 Å². The van der Waals surface area contributed by atoms with Gasteiger partial charge in [0.2, 0.25) is 5.91 Å². The molecule has 3 N–H and O–H groups in total. The summed E-state index contributed by atoms with van der Waals surface area (Å²) in [5, 5.41) is 13.1. The molecule has 10 nitrogen and oxygen atoms in total. The smallest absolute Gasteiger partial charge is 0.307 e. The SMILES string of the molecule is O=C(CCN1CCN(Cc2ccccc2)CC1)NNC(=O)Nc1ccc([N+](=O)[O-])cc1. The van der Waals surface area contributed by atoms with E-state index in [0.29, 0.717) is 12.2 Å². The molecule has 31 heavy (non-hydrogen) atoms. The molecule has 0 saturated carbocycles. The normalized spacial score (nSPS) is 14.6. The zero-order valence-electron chi connectivity index (χ0n) is 17.1. The van der Waals surface area contributed by atoms with Crippen molar-refractivity contribution in [1.29, 1.82) is 0 Å². The maximum absolute atomic E-state index is 12.0. The minimum Gasteiger partial charge on any atom is -0.307 e. The highest BCUT2D eigenvalue weighted by atomic mass is 16.6. The number of non-ortho nitro benzene ring substituents is 1. The number of carbonyl (C=O) groups excluding carboxylic acids is 2. The number of urea groups is 1. The Labute approximate surface area is 180 Å². The van der Waals surface area contributed by atoms with Gasteiger partial charge < -0.3 is 10.2 Å². The number of hydrazine groups is 1. The van der Waals surface area contributed by atoms with E-state index in [1.807, 2.05) is 18.2 Å². The third kappa shape index (κ3) is 7.36. The molecular weight excluding hydrogens is 400 g/mol. The molecule has 1 saturated heterocycles. The fourth-order valence-electron chi connectivity index (χ4n) is 3.29. The van der Waals surface area contributed by atoms with Gasteiger partial charge in [0.15, 0.2) is 0 Å². The summed E-state index contributed by atoms with van der Waals surface area (Å²) in [6.45, 7) is 5.25. The van der Waals surface area contributed by atoms with Gasteiger partial charge in [0.05, 0.1) is 4.92 Å². The first kappa shape index (κ1) is 22.2. The summed E-state index contributed by atoms with van der Waals surface area (Å²) < 4.78 is 0. The first-order valence-electron chi connectivity index (χ1n) is 10.1. The maximum Gasteiger partial charge on any atom is 0.337 e. The van der Waals surface area contributed by atoms with E-state index < -0.39 is 11.0 Å². The van der Waals surface area contributed by atoms with Crippen LogP contribution in [0.5, 0.6) is 0 Å². The highest BCUT2D eigenvalue weighted by Crippen LogP contribution is 2.15. The molecule has 1 aliphatic rings. The lowest BCUT2D eigenvalue weighted by Crippen LogP contribution is -2.48. The first-order valence-corrected chi connectivity index (χ1v) is 10.1. The summed E-state index contributed by atoms with van der Waals surface area (Å²) in [5.74, 6) is -0.287. The molecule has 1 fully saturated rings. The number of hydrogen-bond acceptors (Lipinski definition) is 6. The number of piperazine rings is 1. The topological polar surface area (TPSA) is 120 Å². The van der Waals surface area contributed by atoms with Crippen molar-refractivity contribution < 1.29 is 14.5 Å². The van der Waals surface area contributed by atoms with Crippen molar-refractivity contribution in [3.05, 3.63) is 70.3 Å². The molecule has 0 unspecified atom stereocenters. The molecular formula is C21H26N6O4. The number of hydrogen-bond donors (Lipinski definition) is 3. The van der Waals surface area contributed by atoms with E-state index in [1.54, 1.807) is 0 Å². The van der Waals surface area contributed by atoms with E-state index in [0.717, 1.165) is 32.7 Å². The van der Waals surface area contributed by atoms with Crippen LogP contribution in [0, 0.1) is 10.1 Å². The van der Waals surface area contributed by atoms with Crippen LogP contribution in [-0.4, -0.2) is 59.4 Å². The zero-order valence-corrected chi connectivity index (χ0v) is 17.1. The predicted octanol–water partition coefficient (Wildman–Crippen LogP) is 1.96. The molecule has 0 atom stereocenters. The molecule has 2 aromatic rings. The molecule has 0 aliphatic carbocycles. The summed E-state index contributed by atoms with van der Waals surface area (Å²) in [6, 6.07) is 15.1. The van der Waals surface area contributed by atoms with Gasteiger partial charge in [-0.2, -0.15) is 0 Å². The van der Waals surface area contributed by atoms with Gasteiger partial charge in [-0.25, -0.2) is 10.2 Å². The van der Waals surface area contributed by atoms with E-state index in [9.17, 15) is 19.7 Å². The fraction of sp³-hybridized carbons (Fsp3) is 0.333. The summed E-state index contributed by atoms with van der Waals surface area (Å²) in [5.41, 5.74) is 6.26. The van der Waals surface area contributed by atoms with Crippen molar-refractivity contribution >= 4 is 23.3 Å². The van der Waals surface area contributed by atoms with Gasteiger partial charge in [-0.05, 0) is 17.7 Å². The van der Waals surface area contributed by atoms with Gasteiger partial charge in [0, 0.05) is 63.5 Å². The number of nitro groups is 1. The van der Waals surface area contributed by atoms with Crippen molar-refractivity contribution in [2.75, 3.05) is 38.0 Å². The number of rotatable bonds is 7. The third-order valence-electron chi connectivity index (χ3n) is 5.02. The molecule has 2 aromatic carbocycles. The lowest BCUT2D eigenvalue weighted by molar-refractivity contribution is -0.384. The number of nitro benzene ring substituents is 1. The van der Waals surface area contributed by atoms with Gasteiger partial charge >= 0.3 is 6.03 Å². The van der Waals surface area contributed by atoms with Crippen molar-refractivity contribution in [2.45, 2.75) is 13.0 Å². The Bertz CT molecular complexity index is 883. The van der Waals surface area contributed by atoms with Crippen LogP contribution in [0.1, 0.15) is 12.0 Å². The van der Waals surface area contributed by atoms with Crippen LogP contribution < -0.4 is 16.2 Å². The van der Waals surface area contributed by atoms with E-state index in [1.165, 1.54) is 29.8 Å². The third-order valence-corrected chi connectivity index (χ3v) is 5.02.